The van der Waals surface area contributed by atoms with Crippen molar-refractivity contribution in [3.8, 4) is 11.5 Å². The summed E-state index contributed by atoms with van der Waals surface area (Å²) in [4.78, 5) is 24.6. The third-order valence-corrected chi connectivity index (χ3v) is 4.47. The second-order valence-corrected chi connectivity index (χ2v) is 6.86. The molecule has 1 aromatic rings. The van der Waals surface area contributed by atoms with Gasteiger partial charge in [0.2, 0.25) is 5.78 Å². The standard InChI is InChI=1S/C22H26O5/c1-13(2)7-6-8-14(3)9-10-27-18-11-16-20(21(24)15(18)4)17(23)12-19(26-5)22(16)25/h7,9,11-12,24H,6,8,10H2,1-5H3/b14-9+. The fraction of sp³-hybridized carbons (Fsp3) is 0.364. The highest BCUT2D eigenvalue weighted by molar-refractivity contribution is 6.25. The van der Waals surface area contributed by atoms with Crippen molar-refractivity contribution >= 4 is 11.6 Å². The molecule has 27 heavy (non-hydrogen) atoms. The Morgan fingerprint density at radius 2 is 1.89 bits per heavy atom. The number of Topliss-reactive ketones (excluding diaryl/α,β-unsaturated/α-hetero) is 1. The molecule has 2 rings (SSSR count). The van der Waals surface area contributed by atoms with Gasteiger partial charge in [-0.1, -0.05) is 17.2 Å². The van der Waals surface area contributed by atoms with Gasteiger partial charge in [0.15, 0.2) is 11.5 Å². The van der Waals surface area contributed by atoms with E-state index in [2.05, 4.69) is 19.9 Å². The van der Waals surface area contributed by atoms with Crippen LogP contribution in [0.5, 0.6) is 11.5 Å². The highest BCUT2D eigenvalue weighted by atomic mass is 16.5. The number of ketones is 2. The molecule has 1 N–H and O–H groups in total. The number of allylic oxidation sites excluding steroid dienone is 5. The maximum atomic E-state index is 12.4. The number of aromatic hydroxyl groups is 1. The third kappa shape index (κ3) is 4.67. The van der Waals surface area contributed by atoms with E-state index < -0.39 is 11.6 Å². The van der Waals surface area contributed by atoms with Gasteiger partial charge in [-0.05, 0) is 52.7 Å². The Kier molecular flexibility index (Phi) is 6.61. The van der Waals surface area contributed by atoms with Gasteiger partial charge in [0.05, 0.1) is 12.7 Å². The molecule has 0 heterocycles. The van der Waals surface area contributed by atoms with Crippen molar-refractivity contribution in [3.05, 3.63) is 57.9 Å². The zero-order chi connectivity index (χ0) is 20.1. The number of hydrogen-bond acceptors (Lipinski definition) is 5. The van der Waals surface area contributed by atoms with Crippen molar-refractivity contribution in [1.29, 1.82) is 0 Å². The predicted molar refractivity (Wildman–Crippen MR) is 105 cm³/mol. The summed E-state index contributed by atoms with van der Waals surface area (Å²) in [6.45, 7) is 8.16. The molecule has 5 heteroatoms. The molecule has 5 nitrogen and oxygen atoms in total. The first kappa shape index (κ1) is 20.5. The highest BCUT2D eigenvalue weighted by Gasteiger charge is 2.31. The number of methoxy groups -OCH3 is 1. The number of phenolic OH excluding ortho intramolecular Hbond substituents is 1. The zero-order valence-corrected chi connectivity index (χ0v) is 16.5. The van der Waals surface area contributed by atoms with Crippen LogP contribution in [0.15, 0.2) is 41.2 Å². The monoisotopic (exact) mass is 370 g/mol. The normalized spacial score (nSPS) is 13.8. The Hall–Kier alpha value is -2.82. The van der Waals surface area contributed by atoms with E-state index in [-0.39, 0.29) is 22.6 Å². The van der Waals surface area contributed by atoms with E-state index in [9.17, 15) is 14.7 Å². The molecule has 144 valence electrons. The Balaban J connectivity index is 2.20. The topological polar surface area (TPSA) is 72.8 Å². The van der Waals surface area contributed by atoms with Gasteiger partial charge in [-0.25, -0.2) is 0 Å². The molecule has 0 atom stereocenters. The number of carbonyl (C=O) groups is 2. The van der Waals surface area contributed by atoms with Gasteiger partial charge in [-0.3, -0.25) is 9.59 Å². The summed E-state index contributed by atoms with van der Waals surface area (Å²) in [6, 6.07) is 1.50. The number of phenols is 1. The molecule has 0 bridgehead atoms. The van der Waals surface area contributed by atoms with E-state index in [4.69, 9.17) is 9.47 Å². The lowest BCUT2D eigenvalue weighted by Crippen LogP contribution is -2.19. The average molecular weight is 370 g/mol. The van der Waals surface area contributed by atoms with Crippen molar-refractivity contribution in [2.75, 3.05) is 13.7 Å². The number of carbonyl (C=O) groups excluding carboxylic acids is 2. The van der Waals surface area contributed by atoms with E-state index in [1.54, 1.807) is 6.92 Å². The van der Waals surface area contributed by atoms with E-state index in [1.165, 1.54) is 24.3 Å². The SMILES string of the molecule is COC1=CC(=O)c2c(cc(OC/C=C(\C)CCC=C(C)C)c(C)c2O)C1=O. The van der Waals surface area contributed by atoms with Crippen molar-refractivity contribution in [1.82, 2.24) is 0 Å². The Labute approximate surface area is 160 Å². The molecule has 0 amide bonds. The molecule has 0 saturated heterocycles. The summed E-state index contributed by atoms with van der Waals surface area (Å²) in [5.41, 5.74) is 3.02. The highest BCUT2D eigenvalue weighted by Crippen LogP contribution is 2.37. The maximum absolute atomic E-state index is 12.4. The molecule has 0 aliphatic heterocycles. The number of benzene rings is 1. The number of rotatable bonds is 7. The van der Waals surface area contributed by atoms with Gasteiger partial charge in [-0.15, -0.1) is 0 Å². The predicted octanol–water partition coefficient (Wildman–Crippen LogP) is 4.68. The van der Waals surface area contributed by atoms with E-state index >= 15 is 0 Å². The van der Waals surface area contributed by atoms with Gasteiger partial charge >= 0.3 is 0 Å². The molecule has 1 aliphatic carbocycles. The second kappa shape index (κ2) is 8.71. The van der Waals surface area contributed by atoms with Gasteiger partial charge in [0, 0.05) is 17.2 Å². The molecule has 0 saturated carbocycles. The molecular formula is C22H26O5. The fourth-order valence-corrected chi connectivity index (χ4v) is 2.83. The summed E-state index contributed by atoms with van der Waals surface area (Å²) < 4.78 is 10.7. The Bertz CT molecular complexity index is 852. The Morgan fingerprint density at radius 3 is 2.52 bits per heavy atom. The quantitative estimate of drug-likeness (QED) is 0.706. The number of fused-ring (bicyclic) bond motifs is 1. The molecule has 0 spiro atoms. The molecule has 1 aromatic carbocycles. The van der Waals surface area contributed by atoms with E-state index in [0.717, 1.165) is 18.9 Å². The summed E-state index contributed by atoms with van der Waals surface area (Å²) in [5, 5.41) is 10.4. The van der Waals surface area contributed by atoms with E-state index in [0.29, 0.717) is 17.9 Å². The minimum atomic E-state index is -0.455. The summed E-state index contributed by atoms with van der Waals surface area (Å²) >= 11 is 0. The van der Waals surface area contributed by atoms with Crippen LogP contribution in [0.25, 0.3) is 0 Å². The van der Waals surface area contributed by atoms with Gasteiger partial charge in [0.1, 0.15) is 18.1 Å². The van der Waals surface area contributed by atoms with Gasteiger partial charge < -0.3 is 14.6 Å². The van der Waals surface area contributed by atoms with Crippen molar-refractivity contribution < 1.29 is 24.2 Å². The van der Waals surface area contributed by atoms with Crippen LogP contribution in [-0.4, -0.2) is 30.4 Å². The Morgan fingerprint density at radius 1 is 1.19 bits per heavy atom. The largest absolute Gasteiger partial charge is 0.507 e. The molecule has 0 fully saturated rings. The van der Waals surface area contributed by atoms with Crippen LogP contribution in [0.3, 0.4) is 0 Å². The first-order chi connectivity index (χ1) is 12.8. The molecule has 0 unspecified atom stereocenters. The molecule has 1 aliphatic rings. The van der Waals surface area contributed by atoms with E-state index in [1.807, 2.05) is 13.0 Å². The lowest BCUT2D eigenvalue weighted by atomic mass is 9.90. The number of ether oxygens (including phenoxy) is 2. The van der Waals surface area contributed by atoms with Crippen LogP contribution >= 0.6 is 0 Å². The maximum Gasteiger partial charge on any atom is 0.228 e. The first-order valence-corrected chi connectivity index (χ1v) is 8.89. The summed E-state index contributed by atoms with van der Waals surface area (Å²) in [5.74, 6) is -0.796. The van der Waals surface area contributed by atoms with Crippen LogP contribution in [0.2, 0.25) is 0 Å². The van der Waals surface area contributed by atoms with Crippen LogP contribution < -0.4 is 4.74 Å². The fourth-order valence-electron chi connectivity index (χ4n) is 2.83. The summed E-state index contributed by atoms with van der Waals surface area (Å²) in [6.07, 6.45) is 7.18. The van der Waals surface area contributed by atoms with Gasteiger partial charge in [-0.2, -0.15) is 0 Å². The minimum Gasteiger partial charge on any atom is -0.507 e. The van der Waals surface area contributed by atoms with Crippen LogP contribution in [0.1, 0.15) is 59.9 Å². The van der Waals surface area contributed by atoms with Crippen molar-refractivity contribution in [2.45, 2.75) is 40.5 Å². The van der Waals surface area contributed by atoms with Crippen LogP contribution in [-0.2, 0) is 4.74 Å². The minimum absolute atomic E-state index is 0.000838. The molecule has 0 aromatic heterocycles. The lowest BCUT2D eigenvalue weighted by molar-refractivity contribution is 0.0914. The third-order valence-electron chi connectivity index (χ3n) is 4.47. The molecule has 0 radical (unpaired) electrons. The second-order valence-electron chi connectivity index (χ2n) is 6.86. The van der Waals surface area contributed by atoms with Crippen molar-refractivity contribution in [2.24, 2.45) is 0 Å². The summed E-state index contributed by atoms with van der Waals surface area (Å²) in [7, 11) is 1.33. The van der Waals surface area contributed by atoms with Gasteiger partial charge in [0.25, 0.3) is 0 Å². The van der Waals surface area contributed by atoms with Crippen LogP contribution in [0.4, 0.5) is 0 Å². The zero-order valence-electron chi connectivity index (χ0n) is 16.5. The van der Waals surface area contributed by atoms with Crippen molar-refractivity contribution in [3.63, 3.8) is 0 Å². The average Bonchev–Trinajstić information content (AvgIpc) is 2.61. The smallest absolute Gasteiger partial charge is 0.228 e. The van der Waals surface area contributed by atoms with Crippen LogP contribution in [0, 0.1) is 6.92 Å². The number of hydrogen-bond donors (Lipinski definition) is 1. The molecular weight excluding hydrogens is 344 g/mol. The lowest BCUT2D eigenvalue weighted by Gasteiger charge is -2.19. The first-order valence-electron chi connectivity index (χ1n) is 8.89.